The van der Waals surface area contributed by atoms with Crippen LogP contribution >= 0.6 is 19.0 Å². The first-order chi connectivity index (χ1) is 7.52. The van der Waals surface area contributed by atoms with Gasteiger partial charge in [-0.25, -0.2) is 0 Å². The molecule has 1 atom stereocenters. The van der Waals surface area contributed by atoms with E-state index in [1.165, 1.54) is 6.42 Å². The Hall–Kier alpha value is 0.150. The van der Waals surface area contributed by atoms with Crippen LogP contribution in [0, 0.1) is 0 Å². The van der Waals surface area contributed by atoms with Crippen molar-refractivity contribution in [2.75, 3.05) is 6.16 Å². The SMILES string of the molecule is O=C(Cl)CCP(=O)(O)C1CCCCCCC1. The number of carbonyl (C=O) groups excluding carboxylic acids is 1. The van der Waals surface area contributed by atoms with Gasteiger partial charge in [-0.05, 0) is 24.4 Å². The fourth-order valence-corrected chi connectivity index (χ4v) is 4.56. The highest BCUT2D eigenvalue weighted by Gasteiger charge is 2.30. The van der Waals surface area contributed by atoms with Gasteiger partial charge in [-0.3, -0.25) is 9.36 Å². The van der Waals surface area contributed by atoms with Gasteiger partial charge in [0.1, 0.15) is 0 Å². The summed E-state index contributed by atoms with van der Waals surface area (Å²) in [6.45, 7) is 0. The minimum absolute atomic E-state index is 0.0197. The third-order valence-electron chi connectivity index (χ3n) is 3.27. The summed E-state index contributed by atoms with van der Waals surface area (Å²) in [6, 6.07) is 0. The second-order valence-electron chi connectivity index (χ2n) is 4.58. The lowest BCUT2D eigenvalue weighted by molar-refractivity contribution is -0.111. The Kier molecular flexibility index (Phi) is 6.02. The van der Waals surface area contributed by atoms with E-state index in [1.807, 2.05) is 0 Å². The van der Waals surface area contributed by atoms with Crippen LogP contribution in [0.3, 0.4) is 0 Å². The van der Waals surface area contributed by atoms with E-state index in [0.29, 0.717) is 0 Å². The van der Waals surface area contributed by atoms with Gasteiger partial charge in [0, 0.05) is 18.2 Å². The molecule has 0 aliphatic heterocycles. The van der Waals surface area contributed by atoms with Crippen LogP contribution in [0.25, 0.3) is 0 Å². The summed E-state index contributed by atoms with van der Waals surface area (Å²) in [5.41, 5.74) is -0.108. The number of hydrogen-bond donors (Lipinski definition) is 1. The van der Waals surface area contributed by atoms with E-state index in [2.05, 4.69) is 0 Å². The third-order valence-corrected chi connectivity index (χ3v) is 5.98. The molecule has 94 valence electrons. The van der Waals surface area contributed by atoms with Crippen LogP contribution in [0.15, 0.2) is 0 Å². The molecule has 0 heterocycles. The molecule has 0 spiro atoms. The number of rotatable bonds is 4. The van der Waals surface area contributed by atoms with Crippen LogP contribution in [-0.2, 0) is 9.36 Å². The molecule has 0 aromatic rings. The van der Waals surface area contributed by atoms with Gasteiger partial charge in [0.15, 0.2) is 0 Å². The van der Waals surface area contributed by atoms with Crippen LogP contribution in [0.1, 0.15) is 51.4 Å². The normalized spacial score (nSPS) is 23.1. The topological polar surface area (TPSA) is 54.4 Å². The molecule has 0 amide bonds. The van der Waals surface area contributed by atoms with E-state index in [9.17, 15) is 14.3 Å². The monoisotopic (exact) mass is 266 g/mol. The van der Waals surface area contributed by atoms with Gasteiger partial charge in [0.25, 0.3) is 0 Å². The first kappa shape index (κ1) is 14.2. The van der Waals surface area contributed by atoms with Gasteiger partial charge in [-0.2, -0.15) is 0 Å². The number of halogens is 1. The minimum Gasteiger partial charge on any atom is -0.344 e. The maximum Gasteiger partial charge on any atom is 0.222 e. The third kappa shape index (κ3) is 4.99. The van der Waals surface area contributed by atoms with Gasteiger partial charge < -0.3 is 4.89 Å². The van der Waals surface area contributed by atoms with Crippen molar-refractivity contribution in [1.29, 1.82) is 0 Å². The summed E-state index contributed by atoms with van der Waals surface area (Å²) in [7, 11) is -3.17. The summed E-state index contributed by atoms with van der Waals surface area (Å²) in [6.07, 6.45) is 7.34. The van der Waals surface area contributed by atoms with Crippen molar-refractivity contribution in [3.05, 3.63) is 0 Å². The zero-order valence-corrected chi connectivity index (χ0v) is 11.2. The van der Waals surface area contributed by atoms with E-state index in [4.69, 9.17) is 11.6 Å². The predicted molar refractivity (Wildman–Crippen MR) is 66.3 cm³/mol. The molecule has 1 saturated carbocycles. The van der Waals surface area contributed by atoms with E-state index >= 15 is 0 Å². The van der Waals surface area contributed by atoms with Gasteiger partial charge in [0.2, 0.25) is 12.6 Å². The Morgan fingerprint density at radius 1 is 1.19 bits per heavy atom. The first-order valence-corrected chi connectivity index (χ1v) is 8.31. The molecular weight excluding hydrogens is 247 g/mol. The minimum atomic E-state index is -3.17. The van der Waals surface area contributed by atoms with Gasteiger partial charge in [-0.1, -0.05) is 32.1 Å². The predicted octanol–water partition coefficient (Wildman–Crippen LogP) is 3.53. The number of hydrogen-bond acceptors (Lipinski definition) is 2. The maximum absolute atomic E-state index is 12.1. The Labute approximate surface area is 102 Å². The van der Waals surface area contributed by atoms with E-state index < -0.39 is 12.6 Å². The first-order valence-electron chi connectivity index (χ1n) is 6.02. The Morgan fingerprint density at radius 2 is 1.69 bits per heavy atom. The molecule has 0 saturated heterocycles. The molecule has 0 aromatic carbocycles. The van der Waals surface area contributed by atoms with E-state index in [-0.39, 0.29) is 18.2 Å². The highest BCUT2D eigenvalue weighted by atomic mass is 35.5. The fraction of sp³-hybridized carbons (Fsp3) is 0.909. The van der Waals surface area contributed by atoms with Crippen molar-refractivity contribution in [2.45, 2.75) is 57.0 Å². The van der Waals surface area contributed by atoms with Gasteiger partial charge in [-0.15, -0.1) is 0 Å². The molecule has 5 heteroatoms. The van der Waals surface area contributed by atoms with E-state index in [1.54, 1.807) is 0 Å². The van der Waals surface area contributed by atoms with Crippen molar-refractivity contribution in [3.63, 3.8) is 0 Å². The molecule has 1 aliphatic rings. The highest BCUT2D eigenvalue weighted by Crippen LogP contribution is 2.51. The molecule has 0 aromatic heterocycles. The van der Waals surface area contributed by atoms with Crippen molar-refractivity contribution in [2.24, 2.45) is 0 Å². The van der Waals surface area contributed by atoms with Crippen LogP contribution < -0.4 is 0 Å². The van der Waals surface area contributed by atoms with Crippen LogP contribution in [0.2, 0.25) is 0 Å². The summed E-state index contributed by atoms with van der Waals surface area (Å²) in [5.74, 6) is 0. The summed E-state index contributed by atoms with van der Waals surface area (Å²) in [5, 5.41) is -0.514. The molecule has 3 nitrogen and oxygen atoms in total. The summed E-state index contributed by atoms with van der Waals surface area (Å²) in [4.78, 5) is 20.6. The molecule has 0 radical (unpaired) electrons. The van der Waals surface area contributed by atoms with E-state index in [0.717, 1.165) is 38.5 Å². The quantitative estimate of drug-likeness (QED) is 0.626. The van der Waals surface area contributed by atoms with Crippen molar-refractivity contribution in [3.8, 4) is 0 Å². The zero-order valence-electron chi connectivity index (χ0n) is 9.53. The Balaban J connectivity index is 2.50. The molecular formula is C11H20ClO3P. The average molecular weight is 267 g/mol. The molecule has 1 fully saturated rings. The van der Waals surface area contributed by atoms with Crippen molar-refractivity contribution < 1.29 is 14.3 Å². The molecule has 1 rings (SSSR count). The lowest BCUT2D eigenvalue weighted by atomic mass is 10.0. The molecule has 1 aliphatic carbocycles. The highest BCUT2D eigenvalue weighted by molar-refractivity contribution is 7.58. The van der Waals surface area contributed by atoms with Crippen molar-refractivity contribution in [1.82, 2.24) is 0 Å². The van der Waals surface area contributed by atoms with Gasteiger partial charge >= 0.3 is 0 Å². The van der Waals surface area contributed by atoms with Gasteiger partial charge in [0.05, 0.1) is 0 Å². The molecule has 16 heavy (non-hydrogen) atoms. The smallest absolute Gasteiger partial charge is 0.222 e. The second kappa shape index (κ2) is 6.78. The van der Waals surface area contributed by atoms with Crippen LogP contribution in [-0.4, -0.2) is 22.0 Å². The second-order valence-corrected chi connectivity index (χ2v) is 7.69. The summed E-state index contributed by atoms with van der Waals surface area (Å²) < 4.78 is 12.1. The van der Waals surface area contributed by atoms with Crippen molar-refractivity contribution >= 4 is 24.2 Å². The molecule has 1 N–H and O–H groups in total. The molecule has 1 unspecified atom stereocenters. The number of carbonyl (C=O) groups is 1. The Morgan fingerprint density at radius 3 is 2.19 bits per heavy atom. The van der Waals surface area contributed by atoms with Crippen LogP contribution in [0.4, 0.5) is 0 Å². The lowest BCUT2D eigenvalue weighted by Crippen LogP contribution is -2.13. The largest absolute Gasteiger partial charge is 0.344 e. The fourth-order valence-electron chi connectivity index (χ4n) is 2.27. The Bertz CT molecular complexity index is 272. The maximum atomic E-state index is 12.1. The average Bonchev–Trinajstić information content (AvgIpc) is 2.13. The standard InChI is InChI=1S/C11H20ClO3P/c12-11(13)8-9-16(14,15)10-6-4-2-1-3-5-7-10/h10H,1-9H2,(H,14,15). The van der Waals surface area contributed by atoms with Crippen LogP contribution in [0.5, 0.6) is 0 Å². The molecule has 0 bridgehead atoms. The summed E-state index contributed by atoms with van der Waals surface area (Å²) >= 11 is 5.21. The lowest BCUT2D eigenvalue weighted by Gasteiger charge is -2.24. The zero-order chi connectivity index (χ0) is 12.0.